The van der Waals surface area contributed by atoms with Crippen LogP contribution in [0.2, 0.25) is 0 Å². The fraction of sp³-hybridized carbons (Fsp3) is 0.417. The molecule has 0 saturated carbocycles. The van der Waals surface area contributed by atoms with Gasteiger partial charge < -0.3 is 9.32 Å². The highest BCUT2D eigenvalue weighted by molar-refractivity contribution is 6.18. The lowest BCUT2D eigenvalue weighted by molar-refractivity contribution is 0.348. The number of oxazole rings is 1. The van der Waals surface area contributed by atoms with Crippen molar-refractivity contribution in [3.05, 3.63) is 34.3 Å². The topological polar surface area (TPSA) is 38.4 Å². The van der Waals surface area contributed by atoms with E-state index in [1.54, 1.807) is 7.05 Å². The van der Waals surface area contributed by atoms with Crippen LogP contribution in [0.1, 0.15) is 5.56 Å². The number of rotatable bonds is 4. The minimum atomic E-state index is -0.328. The second-order valence-corrected chi connectivity index (χ2v) is 4.53. The molecular formula is C12H15ClN2O2. The van der Waals surface area contributed by atoms with E-state index in [2.05, 4.69) is 4.90 Å². The predicted octanol–water partition coefficient (Wildman–Crippen LogP) is 1.80. The lowest BCUT2D eigenvalue weighted by Gasteiger charge is -2.14. The van der Waals surface area contributed by atoms with Gasteiger partial charge >= 0.3 is 5.76 Å². The molecule has 0 unspecified atom stereocenters. The van der Waals surface area contributed by atoms with E-state index in [1.807, 2.05) is 25.2 Å². The molecule has 0 amide bonds. The van der Waals surface area contributed by atoms with Crippen molar-refractivity contribution in [3.63, 3.8) is 0 Å². The van der Waals surface area contributed by atoms with Crippen LogP contribution >= 0.6 is 11.6 Å². The van der Waals surface area contributed by atoms with Crippen LogP contribution in [0.25, 0.3) is 11.1 Å². The summed E-state index contributed by atoms with van der Waals surface area (Å²) in [6.07, 6.45) is 0. The second-order valence-electron chi connectivity index (χ2n) is 4.16. The fourth-order valence-corrected chi connectivity index (χ4v) is 2.09. The summed E-state index contributed by atoms with van der Waals surface area (Å²) in [7, 11) is 3.72. The van der Waals surface area contributed by atoms with E-state index in [-0.39, 0.29) is 5.76 Å². The van der Waals surface area contributed by atoms with Crippen molar-refractivity contribution in [3.8, 4) is 0 Å². The lowest BCUT2D eigenvalue weighted by atomic mass is 10.2. The summed E-state index contributed by atoms with van der Waals surface area (Å²) < 4.78 is 6.59. The molecule has 5 heteroatoms. The van der Waals surface area contributed by atoms with Crippen LogP contribution in [0.3, 0.4) is 0 Å². The van der Waals surface area contributed by atoms with Gasteiger partial charge in [0.2, 0.25) is 0 Å². The van der Waals surface area contributed by atoms with Crippen molar-refractivity contribution in [2.45, 2.75) is 6.54 Å². The molecule has 0 aliphatic rings. The van der Waals surface area contributed by atoms with Gasteiger partial charge in [-0.15, -0.1) is 11.6 Å². The van der Waals surface area contributed by atoms with Crippen LogP contribution < -0.4 is 5.76 Å². The highest BCUT2D eigenvalue weighted by Crippen LogP contribution is 2.15. The molecule has 4 nitrogen and oxygen atoms in total. The molecule has 1 aromatic heterocycles. The van der Waals surface area contributed by atoms with Crippen LogP contribution in [0.4, 0.5) is 0 Å². The van der Waals surface area contributed by atoms with Crippen molar-refractivity contribution in [1.82, 2.24) is 9.47 Å². The van der Waals surface area contributed by atoms with Crippen LogP contribution in [-0.2, 0) is 13.6 Å². The lowest BCUT2D eigenvalue weighted by Crippen LogP contribution is -2.20. The van der Waals surface area contributed by atoms with E-state index in [0.717, 1.165) is 24.2 Å². The van der Waals surface area contributed by atoms with Gasteiger partial charge in [0.25, 0.3) is 0 Å². The standard InChI is InChI=1S/C12H15ClN2O2/c1-14(6-5-13)8-9-3-4-11-10(7-9)15(2)12(16)17-11/h3-4,7H,5-6,8H2,1-2H3. The monoisotopic (exact) mass is 254 g/mol. The number of benzene rings is 1. The zero-order chi connectivity index (χ0) is 12.4. The Morgan fingerprint density at radius 1 is 1.47 bits per heavy atom. The Morgan fingerprint density at radius 3 is 2.94 bits per heavy atom. The van der Waals surface area contributed by atoms with E-state index in [9.17, 15) is 4.79 Å². The minimum absolute atomic E-state index is 0.328. The van der Waals surface area contributed by atoms with E-state index in [0.29, 0.717) is 11.5 Å². The van der Waals surface area contributed by atoms with Crippen molar-refractivity contribution in [2.75, 3.05) is 19.5 Å². The Labute approximate surface area is 104 Å². The summed E-state index contributed by atoms with van der Waals surface area (Å²) in [6, 6.07) is 5.78. The van der Waals surface area contributed by atoms with Crippen LogP contribution in [-0.4, -0.2) is 28.9 Å². The Bertz CT molecular complexity index is 573. The number of aryl methyl sites for hydroxylation is 1. The largest absolute Gasteiger partial charge is 0.419 e. The molecule has 0 spiro atoms. The number of fused-ring (bicyclic) bond motifs is 1. The number of nitrogens with zero attached hydrogens (tertiary/aromatic N) is 2. The normalized spacial score (nSPS) is 11.5. The second kappa shape index (κ2) is 4.94. The van der Waals surface area contributed by atoms with Crippen molar-refractivity contribution in [1.29, 1.82) is 0 Å². The molecule has 1 heterocycles. The molecule has 0 saturated heterocycles. The van der Waals surface area contributed by atoms with Gasteiger partial charge in [-0.1, -0.05) is 6.07 Å². The summed E-state index contributed by atoms with van der Waals surface area (Å²) in [6.45, 7) is 1.64. The van der Waals surface area contributed by atoms with E-state index in [1.165, 1.54) is 4.57 Å². The Kier molecular flexibility index (Phi) is 3.54. The molecule has 0 N–H and O–H groups in total. The number of aromatic nitrogens is 1. The number of alkyl halides is 1. The quantitative estimate of drug-likeness (QED) is 0.781. The van der Waals surface area contributed by atoms with Gasteiger partial charge in [-0.25, -0.2) is 4.79 Å². The molecule has 2 aromatic rings. The van der Waals surface area contributed by atoms with Gasteiger partial charge in [-0.3, -0.25) is 4.57 Å². The molecule has 0 fully saturated rings. The average Bonchev–Trinajstić information content (AvgIpc) is 2.56. The summed E-state index contributed by atoms with van der Waals surface area (Å²) >= 11 is 5.68. The fourth-order valence-electron chi connectivity index (χ4n) is 1.81. The summed E-state index contributed by atoms with van der Waals surface area (Å²) in [5, 5.41) is 0. The van der Waals surface area contributed by atoms with Gasteiger partial charge in [0.15, 0.2) is 5.58 Å². The van der Waals surface area contributed by atoms with Crippen LogP contribution in [0.15, 0.2) is 27.4 Å². The van der Waals surface area contributed by atoms with Gasteiger partial charge in [0.05, 0.1) is 5.52 Å². The SMILES string of the molecule is CN(CCCl)Cc1ccc2oc(=O)n(C)c2c1. The Morgan fingerprint density at radius 2 is 2.24 bits per heavy atom. The van der Waals surface area contributed by atoms with Gasteiger partial charge in [-0.2, -0.15) is 0 Å². The predicted molar refractivity (Wildman–Crippen MR) is 68.5 cm³/mol. The van der Waals surface area contributed by atoms with Gasteiger partial charge in [-0.05, 0) is 24.7 Å². The van der Waals surface area contributed by atoms with Crippen molar-refractivity contribution < 1.29 is 4.42 Å². The highest BCUT2D eigenvalue weighted by atomic mass is 35.5. The molecule has 0 aliphatic carbocycles. The zero-order valence-corrected chi connectivity index (χ0v) is 10.7. The molecule has 2 rings (SSSR count). The molecule has 0 aliphatic heterocycles. The maximum absolute atomic E-state index is 11.3. The van der Waals surface area contributed by atoms with E-state index < -0.39 is 0 Å². The van der Waals surface area contributed by atoms with Gasteiger partial charge in [0, 0.05) is 26.0 Å². The summed E-state index contributed by atoms with van der Waals surface area (Å²) in [4.78, 5) is 13.5. The van der Waals surface area contributed by atoms with Crippen molar-refractivity contribution >= 4 is 22.7 Å². The molecule has 17 heavy (non-hydrogen) atoms. The Balaban J connectivity index is 2.31. The third-order valence-corrected chi connectivity index (χ3v) is 2.94. The third-order valence-electron chi connectivity index (χ3n) is 2.77. The molecule has 0 atom stereocenters. The zero-order valence-electron chi connectivity index (χ0n) is 9.94. The van der Waals surface area contributed by atoms with Crippen LogP contribution in [0, 0.1) is 0 Å². The number of halogens is 1. The third kappa shape index (κ3) is 2.53. The first kappa shape index (κ1) is 12.2. The van der Waals surface area contributed by atoms with Crippen LogP contribution in [0.5, 0.6) is 0 Å². The maximum Gasteiger partial charge on any atom is 0.419 e. The smallest absolute Gasteiger partial charge is 0.408 e. The van der Waals surface area contributed by atoms with Crippen molar-refractivity contribution in [2.24, 2.45) is 7.05 Å². The average molecular weight is 255 g/mol. The first-order chi connectivity index (χ1) is 8.11. The molecule has 92 valence electrons. The minimum Gasteiger partial charge on any atom is -0.408 e. The molecule has 0 radical (unpaired) electrons. The molecule has 0 bridgehead atoms. The first-order valence-electron chi connectivity index (χ1n) is 5.45. The first-order valence-corrected chi connectivity index (χ1v) is 5.98. The maximum atomic E-state index is 11.3. The number of hydrogen-bond acceptors (Lipinski definition) is 3. The summed E-state index contributed by atoms with van der Waals surface area (Å²) in [5.74, 6) is 0.286. The molecular weight excluding hydrogens is 240 g/mol. The van der Waals surface area contributed by atoms with Gasteiger partial charge in [0.1, 0.15) is 0 Å². The van der Waals surface area contributed by atoms with E-state index >= 15 is 0 Å². The summed E-state index contributed by atoms with van der Waals surface area (Å²) in [5.41, 5.74) is 2.59. The Hall–Kier alpha value is -1.26. The highest BCUT2D eigenvalue weighted by Gasteiger charge is 2.07. The number of hydrogen-bond donors (Lipinski definition) is 0. The molecule has 1 aromatic carbocycles. The van der Waals surface area contributed by atoms with E-state index in [4.69, 9.17) is 16.0 Å².